The molecule has 5 heteroatoms. The summed E-state index contributed by atoms with van der Waals surface area (Å²) >= 11 is 4.22. The van der Waals surface area contributed by atoms with Gasteiger partial charge in [-0.3, -0.25) is 4.79 Å². The monoisotopic (exact) mass is 400 g/mol. The molecule has 2 heterocycles. The number of ether oxygens (including phenoxy) is 1. The Hall–Kier alpha value is 0.130. The molecule has 3 fully saturated rings. The lowest BCUT2D eigenvalue weighted by molar-refractivity contribution is -0.137. The summed E-state index contributed by atoms with van der Waals surface area (Å²) < 4.78 is 6.25. The molecule has 1 aliphatic carbocycles. The Kier molecular flexibility index (Phi) is 8.99. The highest BCUT2D eigenvalue weighted by Crippen LogP contribution is 2.46. The van der Waals surface area contributed by atoms with Crippen molar-refractivity contribution in [2.24, 2.45) is 17.8 Å². The number of thioether (sulfide) groups is 2. The smallest absolute Gasteiger partial charge is 0.303 e. The number of unbranched alkanes of at least 4 members (excludes halogenated alkanes) is 1. The van der Waals surface area contributed by atoms with Gasteiger partial charge in [0.1, 0.15) is 0 Å². The van der Waals surface area contributed by atoms with Crippen molar-refractivity contribution in [1.82, 2.24) is 0 Å². The van der Waals surface area contributed by atoms with Gasteiger partial charge in [0.15, 0.2) is 0 Å². The lowest BCUT2D eigenvalue weighted by Crippen LogP contribution is -2.29. The van der Waals surface area contributed by atoms with Crippen LogP contribution in [0.4, 0.5) is 0 Å². The maximum absolute atomic E-state index is 10.6. The number of aliphatic carboxylic acids is 1. The van der Waals surface area contributed by atoms with Crippen molar-refractivity contribution in [3.05, 3.63) is 0 Å². The molecule has 2 bridgehead atoms. The molecule has 1 N–H and O–H groups in total. The molecule has 0 aromatic rings. The first kappa shape index (κ1) is 20.9. The fraction of sp³-hybridized carbons (Fsp3) is 0.952. The van der Waals surface area contributed by atoms with E-state index in [1.54, 1.807) is 0 Å². The van der Waals surface area contributed by atoms with Gasteiger partial charge in [-0.25, -0.2) is 0 Å². The molecule has 26 heavy (non-hydrogen) atoms. The molecule has 4 atom stereocenters. The number of carboxylic acid groups (broad SMARTS) is 1. The molecule has 0 aromatic carbocycles. The summed E-state index contributed by atoms with van der Waals surface area (Å²) in [7, 11) is 0. The van der Waals surface area contributed by atoms with Crippen LogP contribution in [-0.4, -0.2) is 46.3 Å². The second kappa shape index (κ2) is 11.2. The van der Waals surface area contributed by atoms with Crippen LogP contribution >= 0.6 is 23.5 Å². The fourth-order valence-corrected chi connectivity index (χ4v) is 7.61. The fourth-order valence-electron chi connectivity index (χ4n) is 5.02. The summed E-state index contributed by atoms with van der Waals surface area (Å²) in [5.74, 6) is 6.85. The van der Waals surface area contributed by atoms with Gasteiger partial charge < -0.3 is 9.84 Å². The van der Waals surface area contributed by atoms with E-state index in [0.717, 1.165) is 36.3 Å². The van der Waals surface area contributed by atoms with Crippen molar-refractivity contribution in [3.8, 4) is 0 Å². The molecule has 0 radical (unpaired) electrons. The summed E-state index contributed by atoms with van der Waals surface area (Å²) in [6.07, 6.45) is 14.4. The molecule has 0 spiro atoms. The summed E-state index contributed by atoms with van der Waals surface area (Å²) in [5.41, 5.74) is 0. The van der Waals surface area contributed by atoms with E-state index >= 15 is 0 Å². The maximum Gasteiger partial charge on any atom is 0.303 e. The number of rotatable bonds is 12. The van der Waals surface area contributed by atoms with E-state index in [9.17, 15) is 4.79 Å². The van der Waals surface area contributed by atoms with Crippen LogP contribution in [0.2, 0.25) is 0 Å². The van der Waals surface area contributed by atoms with E-state index in [-0.39, 0.29) is 0 Å². The topological polar surface area (TPSA) is 46.5 Å². The van der Waals surface area contributed by atoms with Crippen molar-refractivity contribution in [1.29, 1.82) is 0 Å². The van der Waals surface area contributed by atoms with Crippen LogP contribution in [-0.2, 0) is 9.53 Å². The minimum Gasteiger partial charge on any atom is -0.481 e. The Labute approximate surface area is 167 Å². The number of carbonyl (C=O) groups is 1. The molecule has 2 aliphatic heterocycles. The number of carboxylic acids is 1. The van der Waals surface area contributed by atoms with E-state index in [1.165, 1.54) is 68.6 Å². The third-order valence-electron chi connectivity index (χ3n) is 6.50. The first-order valence-electron chi connectivity index (χ1n) is 10.8. The summed E-state index contributed by atoms with van der Waals surface area (Å²) in [5, 5.41) is 8.71. The van der Waals surface area contributed by atoms with Gasteiger partial charge >= 0.3 is 5.97 Å². The van der Waals surface area contributed by atoms with E-state index in [4.69, 9.17) is 9.84 Å². The Morgan fingerprint density at radius 1 is 0.885 bits per heavy atom. The molecule has 150 valence electrons. The molecule has 3 aliphatic rings. The summed E-state index contributed by atoms with van der Waals surface area (Å²) in [6, 6.07) is 0. The van der Waals surface area contributed by atoms with Gasteiger partial charge in [0.2, 0.25) is 0 Å². The molecular weight excluding hydrogens is 364 g/mol. The molecule has 3 rings (SSSR count). The van der Waals surface area contributed by atoms with Crippen molar-refractivity contribution >= 4 is 29.5 Å². The maximum atomic E-state index is 10.6. The van der Waals surface area contributed by atoms with Gasteiger partial charge in [0, 0.05) is 6.42 Å². The Balaban J connectivity index is 1.30. The second-order valence-electron chi connectivity index (χ2n) is 8.41. The average Bonchev–Trinajstić information content (AvgIpc) is 3.24. The van der Waals surface area contributed by atoms with Crippen LogP contribution in [0.25, 0.3) is 0 Å². The van der Waals surface area contributed by atoms with Crippen LogP contribution in [0, 0.1) is 17.8 Å². The predicted molar refractivity (Wildman–Crippen MR) is 112 cm³/mol. The van der Waals surface area contributed by atoms with Crippen LogP contribution in [0.1, 0.15) is 70.6 Å². The molecule has 0 amide bonds. The van der Waals surface area contributed by atoms with Gasteiger partial charge in [-0.15, -0.1) is 0 Å². The van der Waals surface area contributed by atoms with Gasteiger partial charge in [-0.2, -0.15) is 23.5 Å². The molecule has 1 saturated carbocycles. The highest BCUT2D eigenvalue weighted by molar-refractivity contribution is 7.99. The average molecular weight is 401 g/mol. The van der Waals surface area contributed by atoms with E-state index < -0.39 is 5.97 Å². The van der Waals surface area contributed by atoms with Crippen molar-refractivity contribution in [2.75, 3.05) is 23.0 Å². The van der Waals surface area contributed by atoms with Crippen LogP contribution in [0.15, 0.2) is 0 Å². The molecule has 2 saturated heterocycles. The standard InChI is InChI=1S/C21H36O3S2/c22-21(23)8-4-5-12-25-15-18-17(19-9-10-20(18)24-19)11-13-26-14-16-6-2-1-3-7-16/h16-20H,1-15H2,(H,22,23)/t17-,18+,19-,20+/m1/s1. The lowest BCUT2D eigenvalue weighted by Gasteiger charge is -2.28. The molecular formula is C21H36O3S2. The highest BCUT2D eigenvalue weighted by Gasteiger charge is 2.47. The van der Waals surface area contributed by atoms with Gasteiger partial charge in [-0.05, 0) is 85.7 Å². The first-order valence-corrected chi connectivity index (χ1v) is 13.1. The van der Waals surface area contributed by atoms with Crippen LogP contribution in [0.5, 0.6) is 0 Å². The molecule has 0 unspecified atom stereocenters. The zero-order chi connectivity index (χ0) is 18.2. The minimum atomic E-state index is -0.665. The predicted octanol–water partition coefficient (Wildman–Crippen LogP) is 5.47. The van der Waals surface area contributed by atoms with Crippen molar-refractivity contribution in [2.45, 2.75) is 82.8 Å². The molecule has 0 aromatic heterocycles. The van der Waals surface area contributed by atoms with Gasteiger partial charge in [-0.1, -0.05) is 19.3 Å². The quantitative estimate of drug-likeness (QED) is 0.440. The van der Waals surface area contributed by atoms with E-state index in [0.29, 0.717) is 18.6 Å². The summed E-state index contributed by atoms with van der Waals surface area (Å²) in [6.45, 7) is 0. The number of hydrogen-bond donors (Lipinski definition) is 1. The zero-order valence-corrected chi connectivity index (χ0v) is 17.7. The van der Waals surface area contributed by atoms with Crippen molar-refractivity contribution in [3.63, 3.8) is 0 Å². The highest BCUT2D eigenvalue weighted by atomic mass is 32.2. The summed E-state index contributed by atoms with van der Waals surface area (Å²) in [4.78, 5) is 10.6. The first-order chi connectivity index (χ1) is 12.7. The van der Waals surface area contributed by atoms with Crippen LogP contribution < -0.4 is 0 Å². The SMILES string of the molecule is O=C(O)CCCCSC[C@H]1[C@@H](CCSCC2CCCCC2)[C@H]2CC[C@@H]1O2. The number of fused-ring (bicyclic) bond motifs is 2. The molecule has 3 nitrogen and oxygen atoms in total. The van der Waals surface area contributed by atoms with Gasteiger partial charge in [0.05, 0.1) is 12.2 Å². The lowest BCUT2D eigenvalue weighted by atomic mass is 9.79. The normalized spacial score (nSPS) is 31.5. The Morgan fingerprint density at radius 3 is 2.38 bits per heavy atom. The minimum absolute atomic E-state index is 0.318. The number of hydrogen-bond acceptors (Lipinski definition) is 4. The Bertz CT molecular complexity index is 425. The third kappa shape index (κ3) is 6.34. The van der Waals surface area contributed by atoms with Crippen LogP contribution in [0.3, 0.4) is 0 Å². The second-order valence-corrected chi connectivity index (χ2v) is 10.7. The van der Waals surface area contributed by atoms with Crippen molar-refractivity contribution < 1.29 is 14.6 Å². The van der Waals surface area contributed by atoms with E-state index in [1.807, 2.05) is 11.8 Å². The third-order valence-corrected chi connectivity index (χ3v) is 8.93. The Morgan fingerprint density at radius 2 is 1.62 bits per heavy atom. The largest absolute Gasteiger partial charge is 0.481 e. The zero-order valence-electron chi connectivity index (χ0n) is 16.1. The van der Waals surface area contributed by atoms with Gasteiger partial charge in [0.25, 0.3) is 0 Å². The van der Waals surface area contributed by atoms with E-state index in [2.05, 4.69) is 11.8 Å².